The summed E-state index contributed by atoms with van der Waals surface area (Å²) in [7, 11) is 0. The largest absolute Gasteiger partial charge is 0.363 e. The maximum absolute atomic E-state index is 4.95. The van der Waals surface area contributed by atoms with Crippen LogP contribution in [0.15, 0.2) is 4.52 Å². The van der Waals surface area contributed by atoms with Crippen LogP contribution in [0.3, 0.4) is 0 Å². The minimum absolute atomic E-state index is 0.489. The van der Waals surface area contributed by atoms with E-state index in [0.29, 0.717) is 23.4 Å². The predicted octanol–water partition coefficient (Wildman–Crippen LogP) is 0.362. The van der Waals surface area contributed by atoms with Gasteiger partial charge in [0.25, 0.3) is 0 Å². The van der Waals surface area contributed by atoms with Crippen LogP contribution >= 0.6 is 12.2 Å². The molecule has 0 aliphatic carbocycles. The summed E-state index contributed by atoms with van der Waals surface area (Å²) >= 11 is 4.95. The average Bonchev–Trinajstić information content (AvgIpc) is 2.49. The molecule has 0 fully saturated rings. The molecule has 0 aliphatic heterocycles. The van der Waals surface area contributed by atoms with E-state index in [4.69, 9.17) is 16.7 Å². The van der Waals surface area contributed by atoms with Gasteiger partial charge in [-0.1, -0.05) is 5.16 Å². The van der Waals surface area contributed by atoms with Gasteiger partial charge in [0.15, 0.2) is 10.9 Å². The van der Waals surface area contributed by atoms with Crippen molar-refractivity contribution in [1.29, 1.82) is 0 Å². The van der Waals surface area contributed by atoms with Crippen molar-refractivity contribution in [2.24, 2.45) is 0 Å². The lowest BCUT2D eigenvalue weighted by atomic mass is 10.6. The highest BCUT2D eigenvalue weighted by Crippen LogP contribution is 1.93. The lowest BCUT2D eigenvalue weighted by Gasteiger charge is -2.05. The highest BCUT2D eigenvalue weighted by Gasteiger charge is 2.01. The van der Waals surface area contributed by atoms with Crippen LogP contribution in [0.5, 0.6) is 0 Å². The van der Waals surface area contributed by atoms with Gasteiger partial charge in [0, 0.05) is 13.5 Å². The molecular weight excluding hydrogens is 188 g/mol. The van der Waals surface area contributed by atoms with Crippen molar-refractivity contribution in [2.45, 2.75) is 20.4 Å². The first kappa shape index (κ1) is 9.91. The summed E-state index contributed by atoms with van der Waals surface area (Å²) in [5.41, 5.74) is 0. The predicted molar refractivity (Wildman–Crippen MR) is 52.1 cm³/mol. The first-order chi connectivity index (χ1) is 6.22. The number of thiocarbonyl (C=S) groups is 1. The smallest absolute Gasteiger partial charge is 0.223 e. The van der Waals surface area contributed by atoms with Crippen molar-refractivity contribution in [1.82, 2.24) is 20.8 Å². The summed E-state index contributed by atoms with van der Waals surface area (Å²) in [5, 5.41) is 10.2. The lowest BCUT2D eigenvalue weighted by Crippen LogP contribution is -2.34. The summed E-state index contributed by atoms with van der Waals surface area (Å²) in [6.07, 6.45) is 0. The summed E-state index contributed by atoms with van der Waals surface area (Å²) in [5.74, 6) is 1.17. The van der Waals surface area contributed by atoms with E-state index in [2.05, 4.69) is 20.8 Å². The zero-order valence-electron chi connectivity index (χ0n) is 7.63. The topological polar surface area (TPSA) is 63.0 Å². The zero-order chi connectivity index (χ0) is 9.68. The molecule has 0 saturated carbocycles. The van der Waals surface area contributed by atoms with Crippen LogP contribution in [-0.4, -0.2) is 21.8 Å². The number of nitrogens with zero attached hydrogens (tertiary/aromatic N) is 2. The highest BCUT2D eigenvalue weighted by molar-refractivity contribution is 7.80. The Morgan fingerprint density at radius 1 is 1.54 bits per heavy atom. The molecule has 0 amide bonds. The maximum Gasteiger partial charge on any atom is 0.223 e. The molecule has 1 heterocycles. The maximum atomic E-state index is 4.95. The standard InChI is InChI=1S/C7H12N4OS/c1-3-8-7(13)9-4-6-10-5(2)12-11-6/h3-4H2,1-2H3,(H2,8,9,13). The molecule has 2 N–H and O–H groups in total. The quantitative estimate of drug-likeness (QED) is 0.687. The van der Waals surface area contributed by atoms with E-state index < -0.39 is 0 Å². The molecule has 0 atom stereocenters. The fourth-order valence-corrected chi connectivity index (χ4v) is 1.01. The van der Waals surface area contributed by atoms with Crippen molar-refractivity contribution in [3.63, 3.8) is 0 Å². The third-order valence-electron chi connectivity index (χ3n) is 1.31. The van der Waals surface area contributed by atoms with Gasteiger partial charge in [-0.2, -0.15) is 4.98 Å². The summed E-state index contributed by atoms with van der Waals surface area (Å²) < 4.78 is 4.79. The Morgan fingerprint density at radius 2 is 2.31 bits per heavy atom. The van der Waals surface area contributed by atoms with E-state index in [1.165, 1.54) is 0 Å². The number of hydrogen-bond donors (Lipinski definition) is 2. The monoisotopic (exact) mass is 200 g/mol. The summed E-state index contributed by atoms with van der Waals surface area (Å²) in [4.78, 5) is 4.02. The number of hydrogen-bond acceptors (Lipinski definition) is 4. The SMILES string of the molecule is CCNC(=S)NCc1noc(C)n1. The van der Waals surface area contributed by atoms with Crippen LogP contribution in [0.1, 0.15) is 18.6 Å². The van der Waals surface area contributed by atoms with E-state index >= 15 is 0 Å². The second-order valence-corrected chi connectivity index (χ2v) is 2.85. The van der Waals surface area contributed by atoms with Gasteiger partial charge < -0.3 is 15.2 Å². The Bertz CT molecular complexity index is 286. The molecule has 0 saturated heterocycles. The van der Waals surface area contributed by atoms with Crippen molar-refractivity contribution in [3.05, 3.63) is 11.7 Å². The molecule has 1 aromatic rings. The van der Waals surface area contributed by atoms with Gasteiger partial charge in [0.05, 0.1) is 6.54 Å². The van der Waals surface area contributed by atoms with E-state index in [-0.39, 0.29) is 0 Å². The normalized spacial score (nSPS) is 9.69. The zero-order valence-corrected chi connectivity index (χ0v) is 8.44. The van der Waals surface area contributed by atoms with Gasteiger partial charge in [-0.25, -0.2) is 0 Å². The lowest BCUT2D eigenvalue weighted by molar-refractivity contribution is 0.387. The third-order valence-corrected chi connectivity index (χ3v) is 1.60. The van der Waals surface area contributed by atoms with E-state index in [9.17, 15) is 0 Å². The number of nitrogens with one attached hydrogen (secondary N) is 2. The van der Waals surface area contributed by atoms with Crippen LogP contribution < -0.4 is 10.6 Å². The molecule has 0 aliphatic rings. The van der Waals surface area contributed by atoms with E-state index in [1.807, 2.05) is 6.92 Å². The molecule has 0 bridgehead atoms. The highest BCUT2D eigenvalue weighted by atomic mass is 32.1. The average molecular weight is 200 g/mol. The number of aromatic nitrogens is 2. The third kappa shape index (κ3) is 3.37. The van der Waals surface area contributed by atoms with Gasteiger partial charge >= 0.3 is 0 Å². The van der Waals surface area contributed by atoms with Gasteiger partial charge in [-0.05, 0) is 19.1 Å². The number of rotatable bonds is 3. The van der Waals surface area contributed by atoms with Crippen LogP contribution in [-0.2, 0) is 6.54 Å². The molecule has 0 aromatic carbocycles. The van der Waals surface area contributed by atoms with Gasteiger partial charge in [0.2, 0.25) is 5.89 Å². The van der Waals surface area contributed by atoms with Crippen molar-refractivity contribution in [3.8, 4) is 0 Å². The molecule has 5 nitrogen and oxygen atoms in total. The van der Waals surface area contributed by atoms with Crippen LogP contribution in [0.25, 0.3) is 0 Å². The Balaban J connectivity index is 2.30. The van der Waals surface area contributed by atoms with E-state index in [1.54, 1.807) is 6.92 Å². The molecule has 6 heteroatoms. The van der Waals surface area contributed by atoms with Gasteiger partial charge in [-0.3, -0.25) is 0 Å². The molecule has 1 rings (SSSR count). The van der Waals surface area contributed by atoms with Gasteiger partial charge in [0.1, 0.15) is 0 Å². The first-order valence-corrected chi connectivity index (χ1v) is 4.44. The summed E-state index contributed by atoms with van der Waals surface area (Å²) in [6.45, 7) is 5.02. The van der Waals surface area contributed by atoms with Gasteiger partial charge in [-0.15, -0.1) is 0 Å². The Kier molecular flexibility index (Phi) is 3.63. The Labute approximate surface area is 81.9 Å². The van der Waals surface area contributed by atoms with Crippen LogP contribution in [0, 0.1) is 6.92 Å². The second-order valence-electron chi connectivity index (χ2n) is 2.44. The molecule has 13 heavy (non-hydrogen) atoms. The van der Waals surface area contributed by atoms with Crippen molar-refractivity contribution < 1.29 is 4.52 Å². The number of aryl methyl sites for hydroxylation is 1. The fourth-order valence-electron chi connectivity index (χ4n) is 0.796. The first-order valence-electron chi connectivity index (χ1n) is 4.03. The molecule has 72 valence electrons. The molecule has 0 radical (unpaired) electrons. The molecule has 0 unspecified atom stereocenters. The molecule has 1 aromatic heterocycles. The second kappa shape index (κ2) is 4.76. The fraction of sp³-hybridized carbons (Fsp3) is 0.571. The minimum Gasteiger partial charge on any atom is -0.363 e. The van der Waals surface area contributed by atoms with Crippen LogP contribution in [0.4, 0.5) is 0 Å². The Morgan fingerprint density at radius 3 is 2.85 bits per heavy atom. The summed E-state index contributed by atoms with van der Waals surface area (Å²) in [6, 6.07) is 0. The van der Waals surface area contributed by atoms with Crippen LogP contribution in [0.2, 0.25) is 0 Å². The van der Waals surface area contributed by atoms with Crippen molar-refractivity contribution >= 4 is 17.3 Å². The Hall–Kier alpha value is -1.17. The molecule has 0 spiro atoms. The minimum atomic E-state index is 0.489. The van der Waals surface area contributed by atoms with E-state index in [0.717, 1.165) is 6.54 Å². The molecular formula is C7H12N4OS. The van der Waals surface area contributed by atoms with Crippen molar-refractivity contribution in [2.75, 3.05) is 6.54 Å².